The lowest BCUT2D eigenvalue weighted by Crippen LogP contribution is -2.05. The van der Waals surface area contributed by atoms with Crippen molar-refractivity contribution in [3.8, 4) is 0 Å². The van der Waals surface area contributed by atoms with Crippen molar-refractivity contribution in [2.24, 2.45) is 0 Å². The fourth-order valence-corrected chi connectivity index (χ4v) is 2.93. The van der Waals surface area contributed by atoms with Gasteiger partial charge in [-0.3, -0.25) is 4.79 Å². The summed E-state index contributed by atoms with van der Waals surface area (Å²) in [5.41, 5.74) is 3.93. The average molecular weight is 274 g/mol. The summed E-state index contributed by atoms with van der Waals surface area (Å²) in [5, 5.41) is 2.24. The lowest BCUT2D eigenvalue weighted by Gasteiger charge is -2.13. The molecule has 0 saturated carbocycles. The van der Waals surface area contributed by atoms with Crippen LogP contribution in [0, 0.1) is 6.92 Å². The number of benzene rings is 3. The highest BCUT2D eigenvalue weighted by molar-refractivity contribution is 6.17. The Morgan fingerprint density at radius 1 is 0.905 bits per heavy atom. The molecule has 0 aliphatic carbocycles. The zero-order chi connectivity index (χ0) is 14.8. The molecule has 3 rings (SSSR count). The Bertz CT molecular complexity index is 801. The van der Waals surface area contributed by atoms with E-state index in [2.05, 4.69) is 25.1 Å². The lowest BCUT2D eigenvalue weighted by atomic mass is 9.90. The molecule has 0 spiro atoms. The minimum Gasteiger partial charge on any atom is -0.289 e. The summed E-state index contributed by atoms with van der Waals surface area (Å²) < 4.78 is 0. The molecule has 3 aromatic carbocycles. The van der Waals surface area contributed by atoms with E-state index in [9.17, 15) is 4.79 Å². The maximum absolute atomic E-state index is 12.9. The van der Waals surface area contributed by atoms with Crippen LogP contribution in [0.2, 0.25) is 0 Å². The van der Waals surface area contributed by atoms with E-state index in [4.69, 9.17) is 0 Å². The number of hydrogen-bond acceptors (Lipinski definition) is 1. The summed E-state index contributed by atoms with van der Waals surface area (Å²) >= 11 is 0. The van der Waals surface area contributed by atoms with Gasteiger partial charge in [-0.05, 0) is 35.2 Å². The highest BCUT2D eigenvalue weighted by atomic mass is 16.1. The highest BCUT2D eigenvalue weighted by Gasteiger charge is 2.16. The summed E-state index contributed by atoms with van der Waals surface area (Å²) in [6.45, 7) is 4.18. The normalized spacial score (nSPS) is 10.8. The topological polar surface area (TPSA) is 17.1 Å². The van der Waals surface area contributed by atoms with Gasteiger partial charge in [0, 0.05) is 11.1 Å². The van der Waals surface area contributed by atoms with E-state index in [1.807, 2.05) is 49.4 Å². The van der Waals surface area contributed by atoms with Crippen molar-refractivity contribution in [1.82, 2.24) is 0 Å². The molecule has 0 aliphatic rings. The molecule has 0 fully saturated rings. The van der Waals surface area contributed by atoms with E-state index in [-0.39, 0.29) is 5.78 Å². The minimum atomic E-state index is 0.104. The number of carbonyl (C=O) groups excluding carboxylic acids is 1. The first-order valence-electron chi connectivity index (χ1n) is 7.33. The van der Waals surface area contributed by atoms with E-state index < -0.39 is 0 Å². The zero-order valence-corrected chi connectivity index (χ0v) is 12.4. The van der Waals surface area contributed by atoms with Gasteiger partial charge < -0.3 is 0 Å². The molecule has 21 heavy (non-hydrogen) atoms. The first kappa shape index (κ1) is 13.6. The number of fused-ring (bicyclic) bond motifs is 1. The standard InChI is InChI=1S/C20H18O/c1-3-15-13-14(2)19(18-12-8-7-11-17(15)18)20(21)16-9-5-4-6-10-16/h4-13H,3H2,1-2H3. The summed E-state index contributed by atoms with van der Waals surface area (Å²) in [6, 6.07) is 19.9. The van der Waals surface area contributed by atoms with Crippen molar-refractivity contribution in [2.45, 2.75) is 20.3 Å². The Morgan fingerprint density at radius 2 is 1.52 bits per heavy atom. The van der Waals surface area contributed by atoms with Gasteiger partial charge >= 0.3 is 0 Å². The Morgan fingerprint density at radius 3 is 2.19 bits per heavy atom. The quantitative estimate of drug-likeness (QED) is 0.618. The van der Waals surface area contributed by atoms with Crippen LogP contribution < -0.4 is 0 Å². The van der Waals surface area contributed by atoms with Crippen molar-refractivity contribution in [3.05, 3.63) is 82.9 Å². The maximum atomic E-state index is 12.9. The predicted molar refractivity (Wildman–Crippen MR) is 87.9 cm³/mol. The molecule has 0 unspecified atom stereocenters. The largest absolute Gasteiger partial charge is 0.289 e. The maximum Gasteiger partial charge on any atom is 0.193 e. The van der Waals surface area contributed by atoms with Crippen LogP contribution in [0.25, 0.3) is 10.8 Å². The lowest BCUT2D eigenvalue weighted by molar-refractivity contribution is 0.104. The molecule has 1 nitrogen and oxygen atoms in total. The molecule has 0 saturated heterocycles. The van der Waals surface area contributed by atoms with E-state index in [1.165, 1.54) is 10.9 Å². The molecule has 3 aromatic rings. The van der Waals surface area contributed by atoms with Gasteiger partial charge in [0.25, 0.3) is 0 Å². The number of rotatable bonds is 3. The highest BCUT2D eigenvalue weighted by Crippen LogP contribution is 2.28. The van der Waals surface area contributed by atoms with Crippen molar-refractivity contribution in [3.63, 3.8) is 0 Å². The van der Waals surface area contributed by atoms with Crippen LogP contribution in [0.1, 0.15) is 34.0 Å². The Hall–Kier alpha value is -2.41. The molecule has 0 aliphatic heterocycles. The third kappa shape index (κ3) is 2.36. The molecule has 104 valence electrons. The second kappa shape index (κ2) is 5.53. The first-order chi connectivity index (χ1) is 10.2. The zero-order valence-electron chi connectivity index (χ0n) is 12.4. The van der Waals surface area contributed by atoms with Crippen LogP contribution in [-0.2, 0) is 6.42 Å². The van der Waals surface area contributed by atoms with Crippen molar-refractivity contribution in [2.75, 3.05) is 0 Å². The van der Waals surface area contributed by atoms with Gasteiger partial charge in [0.05, 0.1) is 0 Å². The summed E-state index contributed by atoms with van der Waals surface area (Å²) in [7, 11) is 0. The first-order valence-corrected chi connectivity index (χ1v) is 7.33. The van der Waals surface area contributed by atoms with E-state index in [1.54, 1.807) is 0 Å². The van der Waals surface area contributed by atoms with Crippen LogP contribution in [0.4, 0.5) is 0 Å². The second-order valence-corrected chi connectivity index (χ2v) is 5.32. The molecule has 0 atom stereocenters. The third-order valence-corrected chi connectivity index (χ3v) is 3.97. The molecule has 1 heteroatoms. The van der Waals surface area contributed by atoms with Crippen LogP contribution in [-0.4, -0.2) is 5.78 Å². The van der Waals surface area contributed by atoms with Crippen molar-refractivity contribution in [1.29, 1.82) is 0 Å². The van der Waals surface area contributed by atoms with Gasteiger partial charge in [0.15, 0.2) is 5.78 Å². The molecule has 0 amide bonds. The van der Waals surface area contributed by atoms with Crippen molar-refractivity contribution < 1.29 is 4.79 Å². The number of ketones is 1. The van der Waals surface area contributed by atoms with Crippen LogP contribution in [0.5, 0.6) is 0 Å². The predicted octanol–water partition coefficient (Wildman–Crippen LogP) is 4.94. The van der Waals surface area contributed by atoms with Gasteiger partial charge in [-0.1, -0.05) is 67.6 Å². The minimum absolute atomic E-state index is 0.104. The van der Waals surface area contributed by atoms with Gasteiger partial charge in [-0.15, -0.1) is 0 Å². The SMILES string of the molecule is CCc1cc(C)c(C(=O)c2ccccc2)c2ccccc12. The van der Waals surface area contributed by atoms with E-state index in [0.29, 0.717) is 0 Å². The average Bonchev–Trinajstić information content (AvgIpc) is 2.54. The summed E-state index contributed by atoms with van der Waals surface area (Å²) in [4.78, 5) is 12.9. The van der Waals surface area contributed by atoms with E-state index in [0.717, 1.165) is 28.5 Å². The smallest absolute Gasteiger partial charge is 0.193 e. The summed E-state index contributed by atoms with van der Waals surface area (Å²) in [6.07, 6.45) is 0.973. The molecule has 0 aromatic heterocycles. The van der Waals surface area contributed by atoms with Crippen LogP contribution >= 0.6 is 0 Å². The van der Waals surface area contributed by atoms with Gasteiger partial charge in [0.2, 0.25) is 0 Å². The Kier molecular flexibility index (Phi) is 3.57. The van der Waals surface area contributed by atoms with Gasteiger partial charge in [-0.2, -0.15) is 0 Å². The monoisotopic (exact) mass is 274 g/mol. The third-order valence-electron chi connectivity index (χ3n) is 3.97. The van der Waals surface area contributed by atoms with Crippen molar-refractivity contribution >= 4 is 16.6 Å². The molecule has 0 N–H and O–H groups in total. The fourth-order valence-electron chi connectivity index (χ4n) is 2.93. The number of carbonyl (C=O) groups is 1. The molecular formula is C20H18O. The summed E-state index contributed by atoms with van der Waals surface area (Å²) in [5.74, 6) is 0.104. The molecular weight excluding hydrogens is 256 g/mol. The molecule has 0 bridgehead atoms. The fraction of sp³-hybridized carbons (Fsp3) is 0.150. The Labute approximate surface area is 125 Å². The molecule has 0 heterocycles. The van der Waals surface area contributed by atoms with E-state index >= 15 is 0 Å². The number of hydrogen-bond donors (Lipinski definition) is 0. The number of aryl methyl sites for hydroxylation is 2. The van der Waals surface area contributed by atoms with Crippen LogP contribution in [0.15, 0.2) is 60.7 Å². The molecule has 0 radical (unpaired) electrons. The second-order valence-electron chi connectivity index (χ2n) is 5.32. The van der Waals surface area contributed by atoms with Crippen LogP contribution in [0.3, 0.4) is 0 Å². The van der Waals surface area contributed by atoms with Gasteiger partial charge in [-0.25, -0.2) is 0 Å². The van der Waals surface area contributed by atoms with Gasteiger partial charge in [0.1, 0.15) is 0 Å². The Balaban J connectivity index is 2.28.